The number of pyridine rings is 1. The van der Waals surface area contributed by atoms with Crippen LogP contribution < -0.4 is 10.6 Å². The minimum Gasteiger partial charge on any atom is -0.388 e. The summed E-state index contributed by atoms with van der Waals surface area (Å²) in [5.41, 5.74) is 7.40. The maximum Gasteiger partial charge on any atom is 0.122 e. The van der Waals surface area contributed by atoms with Gasteiger partial charge in [-0.1, -0.05) is 32.5 Å². The van der Waals surface area contributed by atoms with Crippen LogP contribution in [0.4, 0.5) is 5.69 Å². The molecule has 1 heterocycles. The second-order valence-corrected chi connectivity index (χ2v) is 5.01. The molecule has 3 nitrogen and oxygen atoms in total. The Labute approximate surface area is 115 Å². The first-order valence-electron chi connectivity index (χ1n) is 6.62. The number of hydrogen-bond acceptors (Lipinski definition) is 3. The fourth-order valence-corrected chi connectivity index (χ4v) is 1.98. The average molecular weight is 265 g/mol. The van der Waals surface area contributed by atoms with Gasteiger partial charge < -0.3 is 10.6 Å². The fraction of sp³-hybridized carbons (Fsp3) is 0.571. The summed E-state index contributed by atoms with van der Waals surface area (Å²) in [4.78, 5) is 7.07. The lowest BCUT2D eigenvalue weighted by molar-refractivity contribution is 0.595. The molecule has 18 heavy (non-hydrogen) atoms. The molecule has 1 aromatic heterocycles. The number of thiocarbonyl (C=S) groups is 1. The Morgan fingerprint density at radius 3 is 2.61 bits per heavy atom. The van der Waals surface area contributed by atoms with Crippen molar-refractivity contribution in [3.05, 3.63) is 24.0 Å². The van der Waals surface area contributed by atoms with Crippen molar-refractivity contribution in [2.75, 3.05) is 11.4 Å². The molecule has 0 amide bonds. The lowest BCUT2D eigenvalue weighted by Crippen LogP contribution is -2.33. The SMILES string of the molecule is CCCCN(c1ccc(C(N)=S)nc1)C(C)CC. The summed E-state index contributed by atoms with van der Waals surface area (Å²) in [6.07, 6.45) is 5.39. The quantitative estimate of drug-likeness (QED) is 0.769. The van der Waals surface area contributed by atoms with Crippen LogP contribution in [0.1, 0.15) is 45.7 Å². The smallest absolute Gasteiger partial charge is 0.122 e. The summed E-state index contributed by atoms with van der Waals surface area (Å²) < 4.78 is 0. The molecule has 0 saturated carbocycles. The molecule has 1 aromatic rings. The van der Waals surface area contributed by atoms with Crippen molar-refractivity contribution in [3.8, 4) is 0 Å². The topological polar surface area (TPSA) is 42.1 Å². The van der Waals surface area contributed by atoms with Crippen molar-refractivity contribution in [3.63, 3.8) is 0 Å². The van der Waals surface area contributed by atoms with Crippen LogP contribution in [0.15, 0.2) is 18.3 Å². The Kier molecular flexibility index (Phi) is 6.05. The van der Waals surface area contributed by atoms with E-state index in [1.165, 1.54) is 12.8 Å². The van der Waals surface area contributed by atoms with Crippen LogP contribution in [0.3, 0.4) is 0 Å². The summed E-state index contributed by atoms with van der Waals surface area (Å²) in [6, 6.07) is 4.48. The summed E-state index contributed by atoms with van der Waals surface area (Å²) in [7, 11) is 0. The van der Waals surface area contributed by atoms with Gasteiger partial charge >= 0.3 is 0 Å². The zero-order chi connectivity index (χ0) is 13.5. The van der Waals surface area contributed by atoms with Gasteiger partial charge in [0.2, 0.25) is 0 Å². The monoisotopic (exact) mass is 265 g/mol. The minimum atomic E-state index is 0.352. The van der Waals surface area contributed by atoms with Crippen LogP contribution in [0.2, 0.25) is 0 Å². The van der Waals surface area contributed by atoms with E-state index in [0.717, 1.165) is 18.7 Å². The van der Waals surface area contributed by atoms with Crippen molar-refractivity contribution in [2.45, 2.75) is 46.1 Å². The van der Waals surface area contributed by atoms with Gasteiger partial charge in [-0.05, 0) is 31.9 Å². The Bertz CT molecular complexity index is 375. The number of nitrogens with zero attached hydrogens (tertiary/aromatic N) is 2. The highest BCUT2D eigenvalue weighted by molar-refractivity contribution is 7.80. The zero-order valence-corrected chi connectivity index (χ0v) is 12.3. The van der Waals surface area contributed by atoms with E-state index >= 15 is 0 Å². The summed E-state index contributed by atoms with van der Waals surface area (Å²) in [6.45, 7) is 7.74. The van der Waals surface area contributed by atoms with Crippen LogP contribution in [-0.2, 0) is 0 Å². The summed E-state index contributed by atoms with van der Waals surface area (Å²) in [5.74, 6) is 0. The molecule has 0 aliphatic heterocycles. The molecule has 1 unspecified atom stereocenters. The molecule has 0 saturated heterocycles. The maximum atomic E-state index is 5.56. The molecule has 2 N–H and O–H groups in total. The second-order valence-electron chi connectivity index (χ2n) is 4.57. The molecule has 100 valence electrons. The number of anilines is 1. The van der Waals surface area contributed by atoms with E-state index in [0.29, 0.717) is 16.7 Å². The summed E-state index contributed by atoms with van der Waals surface area (Å²) in [5, 5.41) is 0. The minimum absolute atomic E-state index is 0.352. The van der Waals surface area contributed by atoms with Gasteiger partial charge in [-0.3, -0.25) is 4.98 Å². The maximum absolute atomic E-state index is 5.56. The van der Waals surface area contributed by atoms with Crippen molar-refractivity contribution in [1.82, 2.24) is 4.98 Å². The van der Waals surface area contributed by atoms with Gasteiger partial charge in [-0.25, -0.2) is 0 Å². The van der Waals surface area contributed by atoms with Crippen LogP contribution in [0, 0.1) is 0 Å². The lowest BCUT2D eigenvalue weighted by Gasteiger charge is -2.30. The van der Waals surface area contributed by atoms with Crippen molar-refractivity contribution < 1.29 is 0 Å². The zero-order valence-electron chi connectivity index (χ0n) is 11.5. The third-order valence-corrected chi connectivity index (χ3v) is 3.42. The Balaban J connectivity index is 2.87. The summed E-state index contributed by atoms with van der Waals surface area (Å²) >= 11 is 4.92. The highest BCUT2D eigenvalue weighted by Gasteiger charge is 2.12. The molecule has 0 radical (unpaired) electrons. The first-order chi connectivity index (χ1) is 8.60. The number of unbranched alkanes of at least 4 members (excludes halogenated alkanes) is 1. The van der Waals surface area contributed by atoms with Gasteiger partial charge in [0, 0.05) is 12.6 Å². The van der Waals surface area contributed by atoms with E-state index in [9.17, 15) is 0 Å². The standard InChI is InChI=1S/C14H23N3S/c1-4-6-9-17(11(3)5-2)12-7-8-13(14(15)18)16-10-12/h7-8,10-11H,4-6,9H2,1-3H3,(H2,15,18). The van der Waals surface area contributed by atoms with Gasteiger partial charge in [-0.15, -0.1) is 0 Å². The number of nitrogens with two attached hydrogens (primary N) is 1. The molecule has 0 aliphatic carbocycles. The first-order valence-corrected chi connectivity index (χ1v) is 7.03. The normalized spacial score (nSPS) is 12.2. The molecular formula is C14H23N3S. The Morgan fingerprint density at radius 2 is 2.17 bits per heavy atom. The molecule has 1 rings (SSSR count). The molecule has 1 atom stereocenters. The second kappa shape index (κ2) is 7.31. The van der Waals surface area contributed by atoms with Gasteiger partial charge in [0.25, 0.3) is 0 Å². The van der Waals surface area contributed by atoms with Crippen LogP contribution >= 0.6 is 12.2 Å². The van der Waals surface area contributed by atoms with E-state index < -0.39 is 0 Å². The predicted molar refractivity (Wildman–Crippen MR) is 82.1 cm³/mol. The molecule has 0 aromatic carbocycles. The largest absolute Gasteiger partial charge is 0.388 e. The van der Waals surface area contributed by atoms with Gasteiger partial charge in [0.1, 0.15) is 4.99 Å². The van der Waals surface area contributed by atoms with E-state index in [1.807, 2.05) is 12.3 Å². The van der Waals surface area contributed by atoms with E-state index in [4.69, 9.17) is 18.0 Å². The predicted octanol–water partition coefficient (Wildman–Crippen LogP) is 3.12. The third-order valence-electron chi connectivity index (χ3n) is 3.21. The average Bonchev–Trinajstić information content (AvgIpc) is 2.39. The molecule has 0 bridgehead atoms. The van der Waals surface area contributed by atoms with E-state index in [2.05, 4.69) is 36.7 Å². The van der Waals surface area contributed by atoms with Gasteiger partial charge in [-0.2, -0.15) is 0 Å². The van der Waals surface area contributed by atoms with Crippen LogP contribution in [0.25, 0.3) is 0 Å². The molecule has 0 aliphatic rings. The van der Waals surface area contributed by atoms with Crippen molar-refractivity contribution >= 4 is 22.9 Å². The Hall–Kier alpha value is -1.16. The number of aromatic nitrogens is 1. The first kappa shape index (κ1) is 14.9. The lowest BCUT2D eigenvalue weighted by atomic mass is 10.1. The van der Waals surface area contributed by atoms with Gasteiger partial charge in [0.15, 0.2) is 0 Å². The molecule has 0 spiro atoms. The highest BCUT2D eigenvalue weighted by atomic mass is 32.1. The highest BCUT2D eigenvalue weighted by Crippen LogP contribution is 2.18. The Morgan fingerprint density at radius 1 is 1.44 bits per heavy atom. The number of hydrogen-bond donors (Lipinski definition) is 1. The molecule has 0 fully saturated rings. The van der Waals surface area contributed by atoms with Gasteiger partial charge in [0.05, 0.1) is 17.6 Å². The van der Waals surface area contributed by atoms with Crippen molar-refractivity contribution in [2.24, 2.45) is 5.73 Å². The van der Waals surface area contributed by atoms with Crippen LogP contribution in [0.5, 0.6) is 0 Å². The van der Waals surface area contributed by atoms with Crippen LogP contribution in [-0.4, -0.2) is 22.6 Å². The van der Waals surface area contributed by atoms with Crippen molar-refractivity contribution in [1.29, 1.82) is 0 Å². The third kappa shape index (κ3) is 3.95. The van der Waals surface area contributed by atoms with E-state index in [-0.39, 0.29) is 0 Å². The molecule has 4 heteroatoms. The van der Waals surface area contributed by atoms with E-state index in [1.54, 1.807) is 0 Å². The molecular weight excluding hydrogens is 242 g/mol. The number of rotatable bonds is 7. The fourth-order valence-electron chi connectivity index (χ4n) is 1.85.